The molecule has 1 fully saturated rings. The van der Waals surface area contributed by atoms with Gasteiger partial charge in [0.2, 0.25) is 0 Å². The fourth-order valence-corrected chi connectivity index (χ4v) is 3.27. The molecule has 2 aromatic heterocycles. The minimum Gasteiger partial charge on any atom is -0.451 e. The number of hydrogen-bond donors (Lipinski definition) is 0. The molecule has 138 valence electrons. The van der Waals surface area contributed by atoms with Crippen molar-refractivity contribution >= 4 is 5.91 Å². The Kier molecular flexibility index (Phi) is 4.98. The number of aromatic nitrogens is 1. The van der Waals surface area contributed by atoms with Crippen LogP contribution in [0.1, 0.15) is 16.1 Å². The van der Waals surface area contributed by atoms with E-state index < -0.39 is 0 Å². The van der Waals surface area contributed by atoms with Gasteiger partial charge in [-0.2, -0.15) is 0 Å². The van der Waals surface area contributed by atoms with E-state index in [4.69, 9.17) is 4.42 Å². The lowest BCUT2D eigenvalue weighted by molar-refractivity contribution is 0.0598. The molecule has 27 heavy (non-hydrogen) atoms. The van der Waals surface area contributed by atoms with Gasteiger partial charge in [0.1, 0.15) is 11.6 Å². The van der Waals surface area contributed by atoms with E-state index in [0.717, 1.165) is 19.6 Å². The number of pyridine rings is 1. The molecule has 3 heterocycles. The summed E-state index contributed by atoms with van der Waals surface area (Å²) in [5.41, 5.74) is 1.57. The van der Waals surface area contributed by atoms with Crippen LogP contribution in [0, 0.1) is 5.82 Å². The summed E-state index contributed by atoms with van der Waals surface area (Å²) in [6, 6.07) is 13.7. The minimum absolute atomic E-state index is 0.152. The molecule has 1 aliphatic heterocycles. The highest BCUT2D eigenvalue weighted by atomic mass is 19.1. The maximum Gasteiger partial charge on any atom is 0.289 e. The van der Waals surface area contributed by atoms with Gasteiger partial charge in [0.05, 0.1) is 5.56 Å². The fraction of sp³-hybridized carbons (Fsp3) is 0.238. The van der Waals surface area contributed by atoms with Gasteiger partial charge >= 0.3 is 0 Å². The molecule has 3 aromatic rings. The van der Waals surface area contributed by atoms with Crippen molar-refractivity contribution in [1.82, 2.24) is 14.8 Å². The van der Waals surface area contributed by atoms with E-state index in [1.807, 2.05) is 12.1 Å². The Balaban J connectivity index is 1.38. The zero-order valence-corrected chi connectivity index (χ0v) is 14.8. The highest BCUT2D eigenvalue weighted by Gasteiger charge is 2.24. The first kappa shape index (κ1) is 17.4. The van der Waals surface area contributed by atoms with Crippen LogP contribution in [0.3, 0.4) is 0 Å². The van der Waals surface area contributed by atoms with E-state index in [0.29, 0.717) is 24.4 Å². The maximum atomic E-state index is 13.9. The number of benzene rings is 1. The fourth-order valence-electron chi connectivity index (χ4n) is 3.27. The van der Waals surface area contributed by atoms with Crippen molar-refractivity contribution in [2.24, 2.45) is 0 Å². The molecule has 0 unspecified atom stereocenters. The normalized spacial score (nSPS) is 15.1. The zero-order chi connectivity index (χ0) is 18.6. The molecule has 0 radical (unpaired) electrons. The average molecular weight is 365 g/mol. The topological polar surface area (TPSA) is 49.6 Å². The van der Waals surface area contributed by atoms with E-state index in [-0.39, 0.29) is 17.5 Å². The van der Waals surface area contributed by atoms with Gasteiger partial charge in [0.25, 0.3) is 5.91 Å². The third-order valence-corrected chi connectivity index (χ3v) is 4.77. The van der Waals surface area contributed by atoms with Crippen LogP contribution in [0.15, 0.2) is 65.3 Å². The van der Waals surface area contributed by atoms with E-state index in [9.17, 15) is 9.18 Å². The predicted molar refractivity (Wildman–Crippen MR) is 99.5 cm³/mol. The molecule has 0 N–H and O–H groups in total. The summed E-state index contributed by atoms with van der Waals surface area (Å²) < 4.78 is 19.5. The van der Waals surface area contributed by atoms with Crippen molar-refractivity contribution in [3.05, 3.63) is 78.1 Å². The van der Waals surface area contributed by atoms with Crippen molar-refractivity contribution in [3.8, 4) is 11.3 Å². The summed E-state index contributed by atoms with van der Waals surface area (Å²) in [5, 5.41) is 0. The van der Waals surface area contributed by atoms with E-state index in [1.165, 1.54) is 11.6 Å². The molecule has 5 nitrogen and oxygen atoms in total. The molecule has 1 aliphatic rings. The van der Waals surface area contributed by atoms with Gasteiger partial charge in [0.15, 0.2) is 5.76 Å². The Morgan fingerprint density at radius 3 is 2.48 bits per heavy atom. The highest BCUT2D eigenvalue weighted by Crippen LogP contribution is 2.25. The van der Waals surface area contributed by atoms with Crippen molar-refractivity contribution in [3.63, 3.8) is 0 Å². The largest absolute Gasteiger partial charge is 0.451 e. The maximum absolute atomic E-state index is 13.9. The molecule has 0 aliphatic carbocycles. The summed E-state index contributed by atoms with van der Waals surface area (Å²) in [5.74, 6) is 0.0975. The van der Waals surface area contributed by atoms with Crippen molar-refractivity contribution in [2.45, 2.75) is 6.54 Å². The van der Waals surface area contributed by atoms with Crippen LogP contribution in [0.2, 0.25) is 0 Å². The average Bonchev–Trinajstić information content (AvgIpc) is 3.19. The predicted octanol–water partition coefficient (Wildman–Crippen LogP) is 3.44. The second-order valence-electron chi connectivity index (χ2n) is 6.57. The molecule has 0 bridgehead atoms. The van der Waals surface area contributed by atoms with Gasteiger partial charge in [-0.3, -0.25) is 14.7 Å². The standard InChI is InChI=1S/C21H20FN3O2/c22-18-4-2-1-3-17(18)19-5-6-20(27-19)21(26)25-13-11-24(12-14-25)15-16-7-9-23-10-8-16/h1-10H,11-15H2. The third kappa shape index (κ3) is 3.90. The van der Waals surface area contributed by atoms with Crippen LogP contribution in [-0.4, -0.2) is 46.9 Å². The number of rotatable bonds is 4. The number of furan rings is 1. The second-order valence-corrected chi connectivity index (χ2v) is 6.57. The first-order valence-corrected chi connectivity index (χ1v) is 8.96. The smallest absolute Gasteiger partial charge is 0.289 e. The number of carbonyl (C=O) groups excluding carboxylic acids is 1. The van der Waals surface area contributed by atoms with Crippen LogP contribution in [0.5, 0.6) is 0 Å². The molecule has 0 atom stereocenters. The van der Waals surface area contributed by atoms with Gasteiger partial charge in [0, 0.05) is 45.1 Å². The summed E-state index contributed by atoms with van der Waals surface area (Å²) in [7, 11) is 0. The van der Waals surface area contributed by atoms with Crippen molar-refractivity contribution < 1.29 is 13.6 Å². The molecule has 6 heteroatoms. The first-order chi connectivity index (χ1) is 13.2. The molecular formula is C21H20FN3O2. The van der Waals surface area contributed by atoms with E-state index in [2.05, 4.69) is 9.88 Å². The summed E-state index contributed by atoms with van der Waals surface area (Å²) in [6.45, 7) is 3.73. The monoisotopic (exact) mass is 365 g/mol. The molecule has 1 amide bonds. The van der Waals surface area contributed by atoms with Crippen LogP contribution in [0.4, 0.5) is 4.39 Å². The minimum atomic E-state index is -0.365. The number of hydrogen-bond acceptors (Lipinski definition) is 4. The Morgan fingerprint density at radius 1 is 1.00 bits per heavy atom. The Bertz CT molecular complexity index is 918. The highest BCUT2D eigenvalue weighted by molar-refractivity contribution is 5.92. The van der Waals surface area contributed by atoms with Gasteiger partial charge in [-0.25, -0.2) is 4.39 Å². The Labute approximate surface area is 157 Å². The van der Waals surface area contributed by atoms with Crippen LogP contribution in [0.25, 0.3) is 11.3 Å². The summed E-state index contributed by atoms with van der Waals surface area (Å²) in [6.07, 6.45) is 3.58. The van der Waals surface area contributed by atoms with Crippen molar-refractivity contribution in [2.75, 3.05) is 26.2 Å². The molecule has 4 rings (SSSR count). The van der Waals surface area contributed by atoms with Gasteiger partial charge in [-0.15, -0.1) is 0 Å². The molecule has 1 saturated heterocycles. The van der Waals surface area contributed by atoms with Crippen LogP contribution in [-0.2, 0) is 6.54 Å². The number of nitrogens with zero attached hydrogens (tertiary/aromatic N) is 3. The van der Waals surface area contributed by atoms with Crippen LogP contribution < -0.4 is 0 Å². The molecular weight excluding hydrogens is 345 g/mol. The SMILES string of the molecule is O=C(c1ccc(-c2ccccc2F)o1)N1CCN(Cc2ccncc2)CC1. The molecule has 0 saturated carbocycles. The number of amides is 1. The number of piperazine rings is 1. The third-order valence-electron chi connectivity index (χ3n) is 4.77. The molecule has 1 aromatic carbocycles. The van der Waals surface area contributed by atoms with Crippen LogP contribution >= 0.6 is 0 Å². The quantitative estimate of drug-likeness (QED) is 0.711. The van der Waals surface area contributed by atoms with E-state index in [1.54, 1.807) is 47.6 Å². The van der Waals surface area contributed by atoms with Gasteiger partial charge in [-0.05, 0) is 42.0 Å². The lowest BCUT2D eigenvalue weighted by Gasteiger charge is -2.34. The molecule has 0 spiro atoms. The first-order valence-electron chi connectivity index (χ1n) is 8.96. The van der Waals surface area contributed by atoms with Gasteiger partial charge < -0.3 is 9.32 Å². The Morgan fingerprint density at radius 2 is 1.74 bits per heavy atom. The lowest BCUT2D eigenvalue weighted by Crippen LogP contribution is -2.48. The zero-order valence-electron chi connectivity index (χ0n) is 14.8. The van der Waals surface area contributed by atoms with Crippen molar-refractivity contribution in [1.29, 1.82) is 0 Å². The second kappa shape index (κ2) is 7.72. The van der Waals surface area contributed by atoms with Gasteiger partial charge in [-0.1, -0.05) is 12.1 Å². The van der Waals surface area contributed by atoms with E-state index >= 15 is 0 Å². The Hall–Kier alpha value is -2.99. The number of carbonyl (C=O) groups is 1. The number of halogens is 1. The summed E-state index contributed by atoms with van der Waals surface area (Å²) in [4.78, 5) is 20.8. The lowest BCUT2D eigenvalue weighted by atomic mass is 10.1. The summed E-state index contributed by atoms with van der Waals surface area (Å²) >= 11 is 0.